The van der Waals surface area contributed by atoms with Crippen LogP contribution < -0.4 is 9.80 Å². The summed E-state index contributed by atoms with van der Waals surface area (Å²) in [5.74, 6) is -0.276. The van der Waals surface area contributed by atoms with Gasteiger partial charge in [-0.3, -0.25) is 14.4 Å². The Morgan fingerprint density at radius 1 is 0.846 bits per heavy atom. The van der Waals surface area contributed by atoms with Crippen molar-refractivity contribution < 1.29 is 14.4 Å². The normalized spacial score (nSPS) is 10.3. The molecule has 0 atom stereocenters. The van der Waals surface area contributed by atoms with Crippen LogP contribution in [0.2, 0.25) is 0 Å². The number of ketones is 1. The summed E-state index contributed by atoms with van der Waals surface area (Å²) in [6.45, 7) is 5.69. The van der Waals surface area contributed by atoms with Crippen LogP contribution in [0.15, 0.2) is 54.6 Å². The number of para-hydroxylation sites is 1. The summed E-state index contributed by atoms with van der Waals surface area (Å²) >= 11 is 0. The lowest BCUT2D eigenvalue weighted by molar-refractivity contribution is -0.118. The molecule has 2 rings (SSSR count). The number of rotatable bonds is 7. The lowest BCUT2D eigenvalue weighted by atomic mass is 10.1. The third kappa shape index (κ3) is 4.79. The highest BCUT2D eigenvalue weighted by molar-refractivity contribution is 5.98. The molecular formula is C21H24N2O3. The summed E-state index contributed by atoms with van der Waals surface area (Å²) in [5, 5.41) is 0. The Bertz CT molecular complexity index is 787. The maximum atomic E-state index is 12.6. The Morgan fingerprint density at radius 3 is 2.08 bits per heavy atom. The molecule has 0 aromatic heterocycles. The maximum absolute atomic E-state index is 12.6. The van der Waals surface area contributed by atoms with Crippen LogP contribution >= 0.6 is 0 Å². The standard InChI is InChI=1S/C21H24N2O3/c1-4-22(19-10-6-5-7-11-19)21(26)13-14-23(17(3)25)20-12-8-9-18(15-20)16(2)24/h5-12,15H,4,13-14H2,1-3H3. The molecule has 0 fully saturated rings. The first-order chi connectivity index (χ1) is 12.4. The van der Waals surface area contributed by atoms with Crippen LogP contribution in [0.3, 0.4) is 0 Å². The molecule has 2 aromatic rings. The van der Waals surface area contributed by atoms with Crippen molar-refractivity contribution in [3.8, 4) is 0 Å². The predicted molar refractivity (Wildman–Crippen MR) is 104 cm³/mol. The number of anilines is 2. The van der Waals surface area contributed by atoms with Crippen molar-refractivity contribution in [1.82, 2.24) is 0 Å². The third-order valence-electron chi connectivity index (χ3n) is 4.18. The van der Waals surface area contributed by atoms with Gasteiger partial charge in [0, 0.05) is 43.4 Å². The number of hydrogen-bond donors (Lipinski definition) is 0. The number of amides is 2. The Morgan fingerprint density at radius 2 is 1.50 bits per heavy atom. The predicted octanol–water partition coefficient (Wildman–Crippen LogP) is 3.69. The van der Waals surface area contributed by atoms with Crippen LogP contribution in [0.5, 0.6) is 0 Å². The van der Waals surface area contributed by atoms with E-state index in [9.17, 15) is 14.4 Å². The molecule has 136 valence electrons. The molecule has 5 heteroatoms. The van der Waals surface area contributed by atoms with Crippen molar-refractivity contribution in [2.24, 2.45) is 0 Å². The molecule has 0 saturated heterocycles. The van der Waals surface area contributed by atoms with Gasteiger partial charge in [0.2, 0.25) is 11.8 Å². The molecule has 0 aliphatic rings. The summed E-state index contributed by atoms with van der Waals surface area (Å²) < 4.78 is 0. The minimum Gasteiger partial charge on any atom is -0.313 e. The molecular weight excluding hydrogens is 328 g/mol. The average Bonchev–Trinajstić information content (AvgIpc) is 2.63. The van der Waals surface area contributed by atoms with E-state index in [1.807, 2.05) is 37.3 Å². The zero-order valence-corrected chi connectivity index (χ0v) is 15.4. The third-order valence-corrected chi connectivity index (χ3v) is 4.18. The first-order valence-electron chi connectivity index (χ1n) is 8.68. The van der Waals surface area contributed by atoms with Crippen LogP contribution in [-0.4, -0.2) is 30.7 Å². The van der Waals surface area contributed by atoms with Gasteiger partial charge in [-0.2, -0.15) is 0 Å². The van der Waals surface area contributed by atoms with E-state index in [-0.39, 0.29) is 30.6 Å². The summed E-state index contributed by atoms with van der Waals surface area (Å²) in [5.41, 5.74) is 2.01. The highest BCUT2D eigenvalue weighted by atomic mass is 16.2. The van der Waals surface area contributed by atoms with E-state index in [1.54, 1.807) is 29.2 Å². The van der Waals surface area contributed by atoms with Crippen molar-refractivity contribution in [1.29, 1.82) is 0 Å². The zero-order valence-electron chi connectivity index (χ0n) is 15.4. The molecule has 0 aliphatic heterocycles. The maximum Gasteiger partial charge on any atom is 0.228 e. The largest absolute Gasteiger partial charge is 0.313 e. The van der Waals surface area contributed by atoms with Gasteiger partial charge in [-0.25, -0.2) is 0 Å². The highest BCUT2D eigenvalue weighted by Crippen LogP contribution is 2.19. The van der Waals surface area contributed by atoms with Gasteiger partial charge in [0.1, 0.15) is 0 Å². The van der Waals surface area contributed by atoms with Crippen LogP contribution in [0.1, 0.15) is 37.6 Å². The number of carbonyl (C=O) groups excluding carboxylic acids is 3. The SMILES string of the molecule is CCN(C(=O)CCN(C(C)=O)c1cccc(C(C)=O)c1)c1ccccc1. The summed E-state index contributed by atoms with van der Waals surface area (Å²) in [6, 6.07) is 16.4. The fourth-order valence-electron chi connectivity index (χ4n) is 2.81. The number of benzene rings is 2. The molecule has 0 saturated carbocycles. The zero-order chi connectivity index (χ0) is 19.1. The van der Waals surface area contributed by atoms with Gasteiger partial charge in [0.05, 0.1) is 0 Å². The summed E-state index contributed by atoms with van der Waals surface area (Å²) in [4.78, 5) is 39.5. The van der Waals surface area contributed by atoms with E-state index >= 15 is 0 Å². The lowest BCUT2D eigenvalue weighted by Crippen LogP contribution is -2.36. The molecule has 26 heavy (non-hydrogen) atoms. The van der Waals surface area contributed by atoms with Gasteiger partial charge < -0.3 is 9.80 Å². The average molecular weight is 352 g/mol. The van der Waals surface area contributed by atoms with Crippen molar-refractivity contribution in [3.63, 3.8) is 0 Å². The van der Waals surface area contributed by atoms with Crippen LogP contribution in [-0.2, 0) is 9.59 Å². The smallest absolute Gasteiger partial charge is 0.228 e. The van der Waals surface area contributed by atoms with E-state index in [0.29, 0.717) is 17.8 Å². The van der Waals surface area contributed by atoms with Gasteiger partial charge in [0.15, 0.2) is 5.78 Å². The molecule has 0 spiro atoms. The van der Waals surface area contributed by atoms with Gasteiger partial charge in [0.25, 0.3) is 0 Å². The molecule has 0 N–H and O–H groups in total. The Labute approximate surface area is 154 Å². The number of hydrogen-bond acceptors (Lipinski definition) is 3. The first kappa shape index (κ1) is 19.4. The minimum atomic E-state index is -0.165. The minimum absolute atomic E-state index is 0.0485. The van der Waals surface area contributed by atoms with Crippen molar-refractivity contribution in [2.75, 3.05) is 22.9 Å². The van der Waals surface area contributed by atoms with Gasteiger partial charge >= 0.3 is 0 Å². The van der Waals surface area contributed by atoms with Crippen molar-refractivity contribution in [2.45, 2.75) is 27.2 Å². The topological polar surface area (TPSA) is 57.7 Å². The monoisotopic (exact) mass is 352 g/mol. The fraction of sp³-hybridized carbons (Fsp3) is 0.286. The van der Waals surface area contributed by atoms with Crippen molar-refractivity contribution >= 4 is 29.0 Å². The summed E-state index contributed by atoms with van der Waals surface area (Å²) in [6.07, 6.45) is 0.201. The second-order valence-corrected chi connectivity index (χ2v) is 6.00. The van der Waals surface area contributed by atoms with E-state index in [0.717, 1.165) is 5.69 Å². The summed E-state index contributed by atoms with van der Waals surface area (Å²) in [7, 11) is 0. The molecule has 0 aliphatic carbocycles. The Hall–Kier alpha value is -2.95. The van der Waals surface area contributed by atoms with Crippen LogP contribution in [0.25, 0.3) is 0 Å². The number of carbonyl (C=O) groups is 3. The van der Waals surface area contributed by atoms with Gasteiger partial charge in [-0.1, -0.05) is 30.3 Å². The van der Waals surface area contributed by atoms with Gasteiger partial charge in [-0.05, 0) is 38.1 Å². The second-order valence-electron chi connectivity index (χ2n) is 6.00. The highest BCUT2D eigenvalue weighted by Gasteiger charge is 2.18. The van der Waals surface area contributed by atoms with E-state index in [4.69, 9.17) is 0 Å². The van der Waals surface area contributed by atoms with E-state index in [2.05, 4.69) is 0 Å². The van der Waals surface area contributed by atoms with Crippen LogP contribution in [0, 0.1) is 0 Å². The molecule has 5 nitrogen and oxygen atoms in total. The number of Topliss-reactive ketones (excluding diaryl/α,β-unsaturated/α-hetero) is 1. The second kappa shape index (κ2) is 8.94. The fourth-order valence-corrected chi connectivity index (χ4v) is 2.81. The molecule has 0 heterocycles. The van der Waals surface area contributed by atoms with Gasteiger partial charge in [-0.15, -0.1) is 0 Å². The van der Waals surface area contributed by atoms with E-state index < -0.39 is 0 Å². The molecule has 2 amide bonds. The van der Waals surface area contributed by atoms with E-state index in [1.165, 1.54) is 18.7 Å². The molecule has 2 aromatic carbocycles. The Balaban J connectivity index is 2.13. The number of nitrogens with zero attached hydrogens (tertiary/aromatic N) is 2. The van der Waals surface area contributed by atoms with Crippen LogP contribution in [0.4, 0.5) is 11.4 Å². The molecule has 0 unspecified atom stereocenters. The Kier molecular flexibility index (Phi) is 6.67. The quantitative estimate of drug-likeness (QED) is 0.714. The lowest BCUT2D eigenvalue weighted by Gasteiger charge is -2.25. The van der Waals surface area contributed by atoms with Crippen molar-refractivity contribution in [3.05, 3.63) is 60.2 Å². The molecule has 0 radical (unpaired) electrons. The first-order valence-corrected chi connectivity index (χ1v) is 8.68. The molecule has 0 bridgehead atoms.